The minimum absolute atomic E-state index is 0.263. The summed E-state index contributed by atoms with van der Waals surface area (Å²) in [6.07, 6.45) is 2.11. The summed E-state index contributed by atoms with van der Waals surface area (Å²) in [5.74, 6) is -0.809. The molecule has 2 aromatic heterocycles. The number of hydrazone groups is 1. The molecule has 1 amide bonds. The molecule has 0 bridgehead atoms. The molecule has 0 aliphatic carbocycles. The van der Waals surface area contributed by atoms with Crippen LogP contribution in [0.2, 0.25) is 0 Å². The molecule has 2 heterocycles. The van der Waals surface area contributed by atoms with E-state index in [1.54, 1.807) is 13.0 Å². The molecule has 112 valence electrons. The standard InChI is InChI=1S/C13H14BrFN4OS/c1-4-10-9(14)5-11(21-10)13(20)17-16-6-8-7(2)18-19(3)12(8)15/h5-6H,4H2,1-3H3,(H,17,20)/b16-6-. The summed E-state index contributed by atoms with van der Waals surface area (Å²) in [5.41, 5.74) is 3.17. The van der Waals surface area contributed by atoms with Crippen LogP contribution >= 0.6 is 27.3 Å². The van der Waals surface area contributed by atoms with Gasteiger partial charge in [-0.2, -0.15) is 14.6 Å². The second-order valence-electron chi connectivity index (χ2n) is 4.35. The number of aryl methyl sites for hydroxylation is 3. The zero-order chi connectivity index (χ0) is 15.6. The molecule has 5 nitrogen and oxygen atoms in total. The highest BCUT2D eigenvalue weighted by Crippen LogP contribution is 2.27. The van der Waals surface area contributed by atoms with Crippen LogP contribution in [-0.4, -0.2) is 21.9 Å². The third-order valence-corrected chi connectivity index (χ3v) is 5.11. The third-order valence-electron chi connectivity index (χ3n) is 2.86. The number of thiophene rings is 1. The summed E-state index contributed by atoms with van der Waals surface area (Å²) < 4.78 is 15.7. The van der Waals surface area contributed by atoms with Crippen LogP contribution in [0.4, 0.5) is 4.39 Å². The van der Waals surface area contributed by atoms with E-state index in [2.05, 4.69) is 31.6 Å². The van der Waals surface area contributed by atoms with Gasteiger partial charge in [-0.1, -0.05) is 6.92 Å². The second-order valence-corrected chi connectivity index (χ2v) is 6.34. The summed E-state index contributed by atoms with van der Waals surface area (Å²) >= 11 is 4.80. The first-order valence-electron chi connectivity index (χ1n) is 6.24. The van der Waals surface area contributed by atoms with E-state index in [0.29, 0.717) is 10.6 Å². The van der Waals surface area contributed by atoms with Crippen molar-refractivity contribution in [1.29, 1.82) is 0 Å². The maximum absolute atomic E-state index is 13.7. The number of carbonyl (C=O) groups excluding carboxylic acids is 1. The van der Waals surface area contributed by atoms with E-state index >= 15 is 0 Å². The van der Waals surface area contributed by atoms with Gasteiger partial charge in [0.1, 0.15) is 0 Å². The molecule has 0 aliphatic heterocycles. The van der Waals surface area contributed by atoms with E-state index in [-0.39, 0.29) is 11.5 Å². The molecule has 0 radical (unpaired) electrons. The Morgan fingerprint density at radius 3 is 2.90 bits per heavy atom. The van der Waals surface area contributed by atoms with E-state index in [1.807, 2.05) is 6.92 Å². The van der Waals surface area contributed by atoms with Gasteiger partial charge in [0.15, 0.2) is 0 Å². The summed E-state index contributed by atoms with van der Waals surface area (Å²) in [7, 11) is 1.51. The summed E-state index contributed by atoms with van der Waals surface area (Å²) in [6, 6.07) is 1.75. The predicted octanol–water partition coefficient (Wildman–Crippen LogP) is 3.02. The van der Waals surface area contributed by atoms with Crippen LogP contribution in [0.3, 0.4) is 0 Å². The van der Waals surface area contributed by atoms with Gasteiger partial charge in [-0.05, 0) is 35.3 Å². The van der Waals surface area contributed by atoms with Crippen molar-refractivity contribution in [3.63, 3.8) is 0 Å². The molecule has 2 rings (SSSR count). The van der Waals surface area contributed by atoms with Gasteiger partial charge in [-0.25, -0.2) is 10.1 Å². The first-order valence-corrected chi connectivity index (χ1v) is 7.85. The van der Waals surface area contributed by atoms with Gasteiger partial charge in [-0.15, -0.1) is 11.3 Å². The Kier molecular flexibility index (Phi) is 4.89. The van der Waals surface area contributed by atoms with Gasteiger partial charge in [0.2, 0.25) is 5.95 Å². The molecule has 1 N–H and O–H groups in total. The molecular formula is C13H14BrFN4OS. The topological polar surface area (TPSA) is 59.3 Å². The average molecular weight is 373 g/mol. The van der Waals surface area contributed by atoms with Gasteiger partial charge >= 0.3 is 0 Å². The smallest absolute Gasteiger partial charge is 0.266 e. The van der Waals surface area contributed by atoms with E-state index < -0.39 is 5.95 Å². The van der Waals surface area contributed by atoms with Crippen LogP contribution in [0.1, 0.15) is 32.7 Å². The normalized spacial score (nSPS) is 11.3. The van der Waals surface area contributed by atoms with Gasteiger partial charge in [-0.3, -0.25) is 4.79 Å². The van der Waals surface area contributed by atoms with Crippen molar-refractivity contribution in [2.75, 3.05) is 0 Å². The number of halogens is 2. The SMILES string of the molecule is CCc1sc(C(=O)N/N=C\c2c(C)nn(C)c2F)cc1Br. The molecule has 0 saturated heterocycles. The number of amides is 1. The first-order chi connectivity index (χ1) is 9.93. The van der Waals surface area contributed by atoms with E-state index in [1.165, 1.54) is 24.6 Å². The fourth-order valence-electron chi connectivity index (χ4n) is 1.76. The van der Waals surface area contributed by atoms with Crippen molar-refractivity contribution >= 4 is 39.4 Å². The predicted molar refractivity (Wildman–Crippen MR) is 84.4 cm³/mol. The quantitative estimate of drug-likeness (QED) is 0.662. The van der Waals surface area contributed by atoms with Crippen molar-refractivity contribution in [2.45, 2.75) is 20.3 Å². The maximum atomic E-state index is 13.7. The van der Waals surface area contributed by atoms with Gasteiger partial charge < -0.3 is 0 Å². The highest BCUT2D eigenvalue weighted by Gasteiger charge is 2.13. The Labute approximate surface area is 134 Å². The molecule has 0 saturated carbocycles. The van der Waals surface area contributed by atoms with Crippen molar-refractivity contribution in [3.8, 4) is 0 Å². The second kappa shape index (κ2) is 6.48. The highest BCUT2D eigenvalue weighted by molar-refractivity contribution is 9.10. The minimum Gasteiger partial charge on any atom is -0.266 e. The van der Waals surface area contributed by atoms with E-state index in [4.69, 9.17) is 0 Å². The Morgan fingerprint density at radius 1 is 1.67 bits per heavy atom. The zero-order valence-corrected chi connectivity index (χ0v) is 14.2. The van der Waals surface area contributed by atoms with E-state index in [9.17, 15) is 9.18 Å². The van der Waals surface area contributed by atoms with Crippen LogP contribution in [0, 0.1) is 12.9 Å². The molecule has 0 atom stereocenters. The van der Waals surface area contributed by atoms with E-state index in [0.717, 1.165) is 20.5 Å². The van der Waals surface area contributed by atoms with Crippen molar-refractivity contribution in [2.24, 2.45) is 12.1 Å². The number of aromatic nitrogens is 2. The minimum atomic E-state index is -0.488. The lowest BCUT2D eigenvalue weighted by Crippen LogP contribution is -2.16. The summed E-state index contributed by atoms with van der Waals surface area (Å²) in [5, 5.41) is 7.72. The van der Waals surface area contributed by atoms with Gasteiger partial charge in [0.05, 0.1) is 22.3 Å². The maximum Gasteiger partial charge on any atom is 0.281 e. The van der Waals surface area contributed by atoms with Crippen molar-refractivity contribution in [1.82, 2.24) is 15.2 Å². The molecule has 8 heteroatoms. The summed E-state index contributed by atoms with van der Waals surface area (Å²) in [4.78, 5) is 13.6. The largest absolute Gasteiger partial charge is 0.281 e. The first kappa shape index (κ1) is 15.8. The van der Waals surface area contributed by atoms with Crippen molar-refractivity contribution in [3.05, 3.63) is 37.5 Å². The number of nitrogens with zero attached hydrogens (tertiary/aromatic N) is 3. The number of carbonyl (C=O) groups is 1. The number of hydrogen-bond acceptors (Lipinski definition) is 4. The van der Waals surface area contributed by atoms with Gasteiger partial charge in [0, 0.05) is 16.4 Å². The molecule has 21 heavy (non-hydrogen) atoms. The monoisotopic (exact) mass is 372 g/mol. The summed E-state index contributed by atoms with van der Waals surface area (Å²) in [6.45, 7) is 3.69. The van der Waals surface area contributed by atoms with Crippen LogP contribution in [0.5, 0.6) is 0 Å². The Bertz CT molecular complexity index is 707. The lowest BCUT2D eigenvalue weighted by Gasteiger charge is -1.95. The fourth-order valence-corrected chi connectivity index (χ4v) is 3.55. The molecule has 0 aliphatic rings. The lowest BCUT2D eigenvalue weighted by molar-refractivity contribution is 0.0959. The third kappa shape index (κ3) is 3.38. The molecule has 0 aromatic carbocycles. The fraction of sp³-hybridized carbons (Fsp3) is 0.308. The van der Waals surface area contributed by atoms with Crippen LogP contribution < -0.4 is 5.43 Å². The molecular weight excluding hydrogens is 359 g/mol. The van der Waals surface area contributed by atoms with Gasteiger partial charge in [0.25, 0.3) is 5.91 Å². The molecule has 0 spiro atoms. The Hall–Kier alpha value is -1.54. The molecule has 2 aromatic rings. The van der Waals surface area contributed by atoms with Crippen molar-refractivity contribution < 1.29 is 9.18 Å². The highest BCUT2D eigenvalue weighted by atomic mass is 79.9. The Morgan fingerprint density at radius 2 is 2.38 bits per heavy atom. The molecule has 0 fully saturated rings. The Balaban J connectivity index is 2.08. The van der Waals surface area contributed by atoms with Crippen LogP contribution in [-0.2, 0) is 13.5 Å². The zero-order valence-electron chi connectivity index (χ0n) is 11.8. The number of rotatable bonds is 4. The number of nitrogens with one attached hydrogen (secondary N) is 1. The van der Waals surface area contributed by atoms with Crippen LogP contribution in [0.25, 0.3) is 0 Å². The lowest BCUT2D eigenvalue weighted by atomic mass is 10.3. The van der Waals surface area contributed by atoms with Crippen LogP contribution in [0.15, 0.2) is 15.6 Å². The molecule has 0 unspecified atom stereocenters. The number of hydrogen-bond donors (Lipinski definition) is 1. The average Bonchev–Trinajstić information content (AvgIpc) is 2.93.